The third-order valence-corrected chi connectivity index (χ3v) is 3.45. The van der Waals surface area contributed by atoms with Crippen molar-refractivity contribution in [1.29, 1.82) is 0 Å². The smallest absolute Gasteiger partial charge is 0.323 e. The second-order valence-electron chi connectivity index (χ2n) is 4.51. The number of rotatable bonds is 6. The van der Waals surface area contributed by atoms with Crippen molar-refractivity contribution in [3.8, 4) is 0 Å². The van der Waals surface area contributed by atoms with Gasteiger partial charge in [-0.1, -0.05) is 13.8 Å². The average molecular weight is 242 g/mol. The van der Waals surface area contributed by atoms with Gasteiger partial charge in [0, 0.05) is 12.6 Å². The number of piperidine rings is 1. The van der Waals surface area contributed by atoms with Crippen LogP contribution in [0.3, 0.4) is 0 Å². The molecule has 0 spiro atoms. The topological polar surface area (TPSA) is 41.6 Å². The number of nitrogens with zero attached hydrogens (tertiary/aromatic N) is 1. The molecule has 0 aromatic carbocycles. The first kappa shape index (κ1) is 14.5. The van der Waals surface area contributed by atoms with Crippen molar-refractivity contribution in [1.82, 2.24) is 10.2 Å². The van der Waals surface area contributed by atoms with Crippen LogP contribution in [0.1, 0.15) is 40.0 Å². The van der Waals surface area contributed by atoms with Crippen LogP contribution < -0.4 is 5.32 Å². The number of carbonyl (C=O) groups is 1. The highest BCUT2D eigenvalue weighted by atomic mass is 16.5. The van der Waals surface area contributed by atoms with Crippen molar-refractivity contribution in [3.63, 3.8) is 0 Å². The summed E-state index contributed by atoms with van der Waals surface area (Å²) in [6.07, 6.45) is 3.19. The SMILES string of the molecule is CCOC(=O)C(CC)N(CC)C1CCCNC1. The fourth-order valence-corrected chi connectivity index (χ4v) is 2.62. The van der Waals surface area contributed by atoms with E-state index in [4.69, 9.17) is 4.74 Å². The summed E-state index contributed by atoms with van der Waals surface area (Å²) >= 11 is 0. The number of hydrogen-bond donors (Lipinski definition) is 1. The minimum atomic E-state index is -0.0788. The number of likely N-dealkylation sites (N-methyl/N-ethyl adjacent to an activating group) is 1. The average Bonchev–Trinajstić information content (AvgIpc) is 2.37. The van der Waals surface area contributed by atoms with Crippen molar-refractivity contribution in [2.24, 2.45) is 0 Å². The van der Waals surface area contributed by atoms with E-state index in [1.165, 1.54) is 12.8 Å². The van der Waals surface area contributed by atoms with Gasteiger partial charge in [-0.2, -0.15) is 0 Å². The third kappa shape index (κ3) is 3.96. The van der Waals surface area contributed by atoms with Gasteiger partial charge in [0.2, 0.25) is 0 Å². The van der Waals surface area contributed by atoms with Gasteiger partial charge < -0.3 is 10.1 Å². The highest BCUT2D eigenvalue weighted by Gasteiger charge is 2.30. The number of ether oxygens (including phenoxy) is 1. The van der Waals surface area contributed by atoms with Crippen LogP contribution in [0.5, 0.6) is 0 Å². The van der Waals surface area contributed by atoms with Crippen LogP contribution in [0, 0.1) is 0 Å². The maximum absolute atomic E-state index is 11.9. The second kappa shape index (κ2) is 7.67. The lowest BCUT2D eigenvalue weighted by Gasteiger charge is -2.38. The molecule has 1 aliphatic rings. The van der Waals surface area contributed by atoms with Gasteiger partial charge >= 0.3 is 5.97 Å². The lowest BCUT2D eigenvalue weighted by Crippen LogP contribution is -2.53. The van der Waals surface area contributed by atoms with Crippen molar-refractivity contribution in [2.75, 3.05) is 26.2 Å². The summed E-state index contributed by atoms with van der Waals surface area (Å²) in [5, 5.41) is 3.41. The van der Waals surface area contributed by atoms with Crippen LogP contribution in [-0.2, 0) is 9.53 Å². The Morgan fingerprint density at radius 3 is 2.71 bits per heavy atom. The largest absolute Gasteiger partial charge is 0.465 e. The third-order valence-electron chi connectivity index (χ3n) is 3.45. The van der Waals surface area contributed by atoms with E-state index in [2.05, 4.69) is 24.1 Å². The summed E-state index contributed by atoms with van der Waals surface area (Å²) in [6.45, 7) is 9.51. The molecule has 1 aliphatic heterocycles. The maximum atomic E-state index is 11.9. The Hall–Kier alpha value is -0.610. The van der Waals surface area contributed by atoms with Crippen LogP contribution in [0.15, 0.2) is 0 Å². The molecule has 0 aliphatic carbocycles. The normalized spacial score (nSPS) is 22.5. The molecule has 2 unspecified atom stereocenters. The van der Waals surface area contributed by atoms with Crippen LogP contribution in [-0.4, -0.2) is 49.2 Å². The molecule has 4 nitrogen and oxygen atoms in total. The summed E-state index contributed by atoms with van der Waals surface area (Å²) in [4.78, 5) is 14.2. The quantitative estimate of drug-likeness (QED) is 0.715. The molecule has 0 saturated carbocycles. The lowest BCUT2D eigenvalue weighted by atomic mass is 10.0. The molecule has 1 N–H and O–H groups in total. The van der Waals surface area contributed by atoms with Crippen molar-refractivity contribution >= 4 is 5.97 Å². The maximum Gasteiger partial charge on any atom is 0.323 e. The minimum Gasteiger partial charge on any atom is -0.465 e. The van der Waals surface area contributed by atoms with Crippen molar-refractivity contribution in [2.45, 2.75) is 52.1 Å². The molecule has 0 aromatic rings. The molecule has 0 radical (unpaired) electrons. The van der Waals surface area contributed by atoms with E-state index in [0.29, 0.717) is 12.6 Å². The summed E-state index contributed by atoms with van der Waals surface area (Å²) in [6, 6.07) is 0.396. The van der Waals surface area contributed by atoms with E-state index >= 15 is 0 Å². The van der Waals surface area contributed by atoms with E-state index in [1.54, 1.807) is 0 Å². The van der Waals surface area contributed by atoms with Gasteiger partial charge in [-0.05, 0) is 39.3 Å². The van der Waals surface area contributed by atoms with Gasteiger partial charge in [-0.15, -0.1) is 0 Å². The van der Waals surface area contributed by atoms with Gasteiger partial charge in [-0.3, -0.25) is 9.69 Å². The summed E-state index contributed by atoms with van der Waals surface area (Å²) in [5.41, 5.74) is 0. The summed E-state index contributed by atoms with van der Waals surface area (Å²) < 4.78 is 5.17. The van der Waals surface area contributed by atoms with Crippen LogP contribution in [0.25, 0.3) is 0 Å². The standard InChI is InChI=1S/C13H26N2O2/c1-4-12(13(16)17-6-3)15(5-2)11-8-7-9-14-10-11/h11-12,14H,4-10H2,1-3H3. The Bertz CT molecular complexity index is 227. The molecule has 4 heteroatoms. The molecule has 17 heavy (non-hydrogen) atoms. The molecule has 1 rings (SSSR count). The Balaban J connectivity index is 2.64. The Morgan fingerprint density at radius 2 is 2.24 bits per heavy atom. The second-order valence-corrected chi connectivity index (χ2v) is 4.51. The van der Waals surface area contributed by atoms with Gasteiger partial charge in [0.25, 0.3) is 0 Å². The predicted octanol–water partition coefficient (Wildman–Crippen LogP) is 1.40. The Kier molecular flexibility index (Phi) is 6.52. The highest BCUT2D eigenvalue weighted by molar-refractivity contribution is 5.75. The molecule has 0 aromatic heterocycles. The predicted molar refractivity (Wildman–Crippen MR) is 69.0 cm³/mol. The van der Waals surface area contributed by atoms with Gasteiger partial charge in [0.1, 0.15) is 6.04 Å². The summed E-state index contributed by atoms with van der Waals surface area (Å²) in [5.74, 6) is -0.0672. The fraction of sp³-hybridized carbons (Fsp3) is 0.923. The minimum absolute atomic E-state index is 0.0672. The zero-order valence-electron chi connectivity index (χ0n) is 11.4. The number of nitrogens with one attached hydrogen (secondary N) is 1. The molecule has 1 fully saturated rings. The zero-order valence-corrected chi connectivity index (χ0v) is 11.4. The highest BCUT2D eigenvalue weighted by Crippen LogP contribution is 2.16. The van der Waals surface area contributed by atoms with Crippen LogP contribution in [0.4, 0.5) is 0 Å². The first-order valence-electron chi connectivity index (χ1n) is 6.87. The first-order chi connectivity index (χ1) is 8.24. The zero-order chi connectivity index (χ0) is 12.7. The van der Waals surface area contributed by atoms with Crippen molar-refractivity contribution in [3.05, 3.63) is 0 Å². The van der Waals surface area contributed by atoms with E-state index in [-0.39, 0.29) is 12.0 Å². The molecule has 1 heterocycles. The summed E-state index contributed by atoms with van der Waals surface area (Å²) in [7, 11) is 0. The van der Waals surface area contributed by atoms with Gasteiger partial charge in [0.15, 0.2) is 0 Å². The molecular formula is C13H26N2O2. The lowest BCUT2D eigenvalue weighted by molar-refractivity contribution is -0.150. The van der Waals surface area contributed by atoms with E-state index in [1.807, 2.05) is 6.92 Å². The number of carbonyl (C=O) groups excluding carboxylic acids is 1. The monoisotopic (exact) mass is 242 g/mol. The van der Waals surface area contributed by atoms with Gasteiger partial charge in [-0.25, -0.2) is 0 Å². The molecule has 0 amide bonds. The van der Waals surface area contributed by atoms with E-state index in [9.17, 15) is 4.79 Å². The van der Waals surface area contributed by atoms with Crippen LogP contribution in [0.2, 0.25) is 0 Å². The fourth-order valence-electron chi connectivity index (χ4n) is 2.62. The molecule has 100 valence electrons. The van der Waals surface area contributed by atoms with Crippen LogP contribution >= 0.6 is 0 Å². The molecule has 1 saturated heterocycles. The number of esters is 1. The van der Waals surface area contributed by atoms with E-state index < -0.39 is 0 Å². The van der Waals surface area contributed by atoms with Crippen molar-refractivity contribution < 1.29 is 9.53 Å². The van der Waals surface area contributed by atoms with E-state index in [0.717, 1.165) is 26.1 Å². The molecule has 2 atom stereocenters. The molecule has 0 bridgehead atoms. The van der Waals surface area contributed by atoms with Gasteiger partial charge in [0.05, 0.1) is 6.61 Å². The number of hydrogen-bond acceptors (Lipinski definition) is 4. The Morgan fingerprint density at radius 1 is 1.47 bits per heavy atom. The molecular weight excluding hydrogens is 216 g/mol. The Labute approximate surface area is 105 Å². The first-order valence-corrected chi connectivity index (χ1v) is 6.87.